The number of aryl methyl sites for hydroxylation is 1. The van der Waals surface area contributed by atoms with Gasteiger partial charge in [-0.15, -0.1) is 0 Å². The molecule has 7 heteroatoms. The van der Waals surface area contributed by atoms with Crippen LogP contribution >= 0.6 is 0 Å². The van der Waals surface area contributed by atoms with E-state index in [9.17, 15) is 13.2 Å². The van der Waals surface area contributed by atoms with Gasteiger partial charge in [-0.3, -0.25) is 4.79 Å². The van der Waals surface area contributed by atoms with Gasteiger partial charge in [0, 0.05) is 18.0 Å². The minimum atomic E-state index is -3.79. The molecule has 0 aliphatic rings. The molecule has 136 valence electrons. The Bertz CT molecular complexity index is 1090. The summed E-state index contributed by atoms with van der Waals surface area (Å²) in [6, 6.07) is 13.8. The van der Waals surface area contributed by atoms with Crippen LogP contribution in [0.4, 0.5) is 0 Å². The average molecular weight is 371 g/mol. The van der Waals surface area contributed by atoms with E-state index in [1.807, 2.05) is 38.1 Å². The van der Waals surface area contributed by atoms with E-state index in [1.54, 1.807) is 24.1 Å². The Morgan fingerprint density at radius 3 is 2.58 bits per heavy atom. The Morgan fingerprint density at radius 2 is 1.88 bits per heavy atom. The normalized spacial score (nSPS) is 12.9. The third-order valence-electron chi connectivity index (χ3n) is 4.58. The van der Waals surface area contributed by atoms with Crippen molar-refractivity contribution in [1.29, 1.82) is 0 Å². The lowest BCUT2D eigenvalue weighted by molar-refractivity contribution is 0.0737. The molecule has 3 rings (SSSR count). The number of amides is 1. The van der Waals surface area contributed by atoms with Gasteiger partial charge in [-0.25, -0.2) is 13.6 Å². The van der Waals surface area contributed by atoms with Gasteiger partial charge < -0.3 is 9.88 Å². The molecular weight excluding hydrogens is 350 g/mol. The number of H-pyrrole nitrogens is 1. The molecular formula is C19H21N3O3S. The van der Waals surface area contributed by atoms with E-state index in [0.717, 1.165) is 16.5 Å². The lowest BCUT2D eigenvalue weighted by atomic mass is 10.1. The molecule has 0 aliphatic carbocycles. The summed E-state index contributed by atoms with van der Waals surface area (Å²) < 4.78 is 23.1. The van der Waals surface area contributed by atoms with E-state index >= 15 is 0 Å². The number of rotatable bonds is 4. The number of primary sulfonamides is 1. The number of hydrogen-bond donors (Lipinski definition) is 2. The van der Waals surface area contributed by atoms with Crippen LogP contribution in [0.1, 0.15) is 34.6 Å². The van der Waals surface area contributed by atoms with Crippen molar-refractivity contribution >= 4 is 26.8 Å². The molecule has 1 atom stereocenters. The second kappa shape index (κ2) is 6.59. The molecule has 0 saturated heterocycles. The highest BCUT2D eigenvalue weighted by molar-refractivity contribution is 7.89. The van der Waals surface area contributed by atoms with Gasteiger partial charge in [0.1, 0.15) is 5.69 Å². The number of carbonyl (C=O) groups excluding carboxylic acids is 1. The maximum absolute atomic E-state index is 12.8. The Balaban J connectivity index is 1.89. The fourth-order valence-electron chi connectivity index (χ4n) is 2.90. The fraction of sp³-hybridized carbons (Fsp3) is 0.211. The van der Waals surface area contributed by atoms with Gasteiger partial charge in [0.2, 0.25) is 10.0 Å². The zero-order valence-electron chi connectivity index (χ0n) is 14.9. The minimum Gasteiger partial charge on any atom is -0.351 e. The SMILES string of the molecule is Cc1ccc2cc(C(=O)N(C)C(C)c3cccc(S(N)(=O)=O)c3)[nH]c2c1. The first-order valence-corrected chi connectivity index (χ1v) is 9.71. The third kappa shape index (κ3) is 3.49. The van der Waals surface area contributed by atoms with E-state index in [1.165, 1.54) is 12.1 Å². The Kier molecular flexibility index (Phi) is 4.60. The first-order chi connectivity index (χ1) is 12.2. The zero-order valence-corrected chi connectivity index (χ0v) is 15.7. The fourth-order valence-corrected chi connectivity index (χ4v) is 3.47. The molecule has 1 unspecified atom stereocenters. The molecule has 0 aliphatic heterocycles. The number of fused-ring (bicyclic) bond motifs is 1. The molecule has 3 N–H and O–H groups in total. The van der Waals surface area contributed by atoms with Crippen molar-refractivity contribution in [2.75, 3.05) is 7.05 Å². The molecule has 26 heavy (non-hydrogen) atoms. The molecule has 1 amide bonds. The minimum absolute atomic E-state index is 0.0313. The highest BCUT2D eigenvalue weighted by Crippen LogP contribution is 2.24. The Morgan fingerprint density at radius 1 is 1.15 bits per heavy atom. The van der Waals surface area contributed by atoms with Crippen LogP contribution in [0.3, 0.4) is 0 Å². The molecule has 2 aromatic carbocycles. The van der Waals surface area contributed by atoms with Crippen LogP contribution in [0.25, 0.3) is 10.9 Å². The maximum Gasteiger partial charge on any atom is 0.270 e. The summed E-state index contributed by atoms with van der Waals surface area (Å²) in [5.74, 6) is -0.174. The number of benzene rings is 2. The Labute approximate surface area is 152 Å². The number of nitrogens with zero attached hydrogens (tertiary/aromatic N) is 1. The molecule has 0 radical (unpaired) electrons. The number of sulfonamides is 1. The summed E-state index contributed by atoms with van der Waals surface area (Å²) >= 11 is 0. The van der Waals surface area contributed by atoms with E-state index in [0.29, 0.717) is 11.3 Å². The largest absolute Gasteiger partial charge is 0.351 e. The second-order valence-electron chi connectivity index (χ2n) is 6.48. The van der Waals surface area contributed by atoms with Crippen LogP contribution in [0.15, 0.2) is 53.4 Å². The highest BCUT2D eigenvalue weighted by Gasteiger charge is 2.21. The van der Waals surface area contributed by atoms with E-state index < -0.39 is 10.0 Å². The summed E-state index contributed by atoms with van der Waals surface area (Å²) in [5, 5.41) is 6.16. The first kappa shape index (κ1) is 18.2. The van der Waals surface area contributed by atoms with Gasteiger partial charge in [-0.05, 0) is 49.2 Å². The van der Waals surface area contributed by atoms with Crippen molar-refractivity contribution in [3.63, 3.8) is 0 Å². The van der Waals surface area contributed by atoms with Crippen molar-refractivity contribution in [3.05, 3.63) is 65.4 Å². The van der Waals surface area contributed by atoms with E-state index in [2.05, 4.69) is 4.98 Å². The number of carbonyl (C=O) groups is 1. The van der Waals surface area contributed by atoms with Gasteiger partial charge in [0.15, 0.2) is 0 Å². The Hall–Kier alpha value is -2.64. The van der Waals surface area contributed by atoms with Gasteiger partial charge in [-0.2, -0.15) is 0 Å². The lowest BCUT2D eigenvalue weighted by Gasteiger charge is -2.25. The first-order valence-electron chi connectivity index (χ1n) is 8.16. The quantitative estimate of drug-likeness (QED) is 0.738. The standard InChI is InChI=1S/C19H21N3O3S/c1-12-7-8-15-11-18(21-17(15)9-12)19(23)22(3)13(2)14-5-4-6-16(10-14)26(20,24)25/h4-11,13,21H,1-3H3,(H2,20,24,25). The summed E-state index contributed by atoms with van der Waals surface area (Å²) in [4.78, 5) is 17.6. The van der Waals surface area contributed by atoms with E-state index in [-0.39, 0.29) is 16.8 Å². The van der Waals surface area contributed by atoms with Crippen LogP contribution in [0, 0.1) is 6.92 Å². The summed E-state index contributed by atoms with van der Waals surface area (Å²) in [6.45, 7) is 3.83. The number of nitrogens with one attached hydrogen (secondary N) is 1. The van der Waals surface area contributed by atoms with Gasteiger partial charge in [0.25, 0.3) is 5.91 Å². The molecule has 1 aromatic heterocycles. The van der Waals surface area contributed by atoms with Crippen molar-refractivity contribution in [3.8, 4) is 0 Å². The summed E-state index contributed by atoms with van der Waals surface area (Å²) in [5.41, 5.74) is 3.20. The van der Waals surface area contributed by atoms with Crippen LogP contribution in [0.2, 0.25) is 0 Å². The predicted molar refractivity (Wildman–Crippen MR) is 101 cm³/mol. The second-order valence-corrected chi connectivity index (χ2v) is 8.04. The van der Waals surface area contributed by atoms with Crippen LogP contribution in [-0.2, 0) is 10.0 Å². The van der Waals surface area contributed by atoms with Crippen molar-refractivity contribution < 1.29 is 13.2 Å². The average Bonchev–Trinajstić information content (AvgIpc) is 3.02. The van der Waals surface area contributed by atoms with Crippen molar-refractivity contribution in [2.24, 2.45) is 5.14 Å². The van der Waals surface area contributed by atoms with Crippen LogP contribution in [0.5, 0.6) is 0 Å². The maximum atomic E-state index is 12.8. The molecule has 0 bridgehead atoms. The lowest BCUT2D eigenvalue weighted by Crippen LogP contribution is -2.30. The summed E-state index contributed by atoms with van der Waals surface area (Å²) in [6.07, 6.45) is 0. The monoisotopic (exact) mass is 371 g/mol. The van der Waals surface area contributed by atoms with Crippen LogP contribution < -0.4 is 5.14 Å². The number of aromatic amines is 1. The van der Waals surface area contributed by atoms with Gasteiger partial charge in [0.05, 0.1) is 10.9 Å². The molecule has 3 aromatic rings. The third-order valence-corrected chi connectivity index (χ3v) is 5.49. The predicted octanol–water partition coefficient (Wildman–Crippen LogP) is 2.96. The summed E-state index contributed by atoms with van der Waals surface area (Å²) in [7, 11) is -2.10. The van der Waals surface area contributed by atoms with Crippen molar-refractivity contribution in [2.45, 2.75) is 24.8 Å². The van der Waals surface area contributed by atoms with Gasteiger partial charge >= 0.3 is 0 Å². The topological polar surface area (TPSA) is 96.3 Å². The smallest absolute Gasteiger partial charge is 0.270 e. The molecule has 6 nitrogen and oxygen atoms in total. The molecule has 0 saturated carbocycles. The number of nitrogens with two attached hydrogens (primary N) is 1. The number of aromatic nitrogens is 1. The molecule has 0 fully saturated rings. The van der Waals surface area contributed by atoms with Crippen LogP contribution in [-0.4, -0.2) is 31.3 Å². The highest BCUT2D eigenvalue weighted by atomic mass is 32.2. The van der Waals surface area contributed by atoms with Gasteiger partial charge in [-0.1, -0.05) is 24.3 Å². The molecule has 0 spiro atoms. The molecule has 1 heterocycles. The van der Waals surface area contributed by atoms with Crippen molar-refractivity contribution in [1.82, 2.24) is 9.88 Å². The van der Waals surface area contributed by atoms with E-state index in [4.69, 9.17) is 5.14 Å². The zero-order chi connectivity index (χ0) is 19.1. The number of hydrogen-bond acceptors (Lipinski definition) is 3.